The normalized spacial score (nSPS) is 11.6. The molecule has 0 saturated heterocycles. The second-order valence-corrected chi connectivity index (χ2v) is 14.0. The first kappa shape index (κ1) is 31.1. The van der Waals surface area contributed by atoms with Gasteiger partial charge in [-0.1, -0.05) is 152 Å². The summed E-state index contributed by atoms with van der Waals surface area (Å²) in [4.78, 5) is 15.6. The van der Waals surface area contributed by atoms with Crippen LogP contribution in [-0.4, -0.2) is 15.0 Å². The van der Waals surface area contributed by atoms with Gasteiger partial charge in [-0.15, -0.1) is 0 Å². The number of para-hydroxylation sites is 2. The van der Waals surface area contributed by atoms with E-state index in [9.17, 15) is 0 Å². The van der Waals surface area contributed by atoms with Crippen molar-refractivity contribution >= 4 is 54.3 Å². The molecule has 9 aromatic carbocycles. The Labute approximate surface area is 317 Å². The Hall–Kier alpha value is -7.43. The van der Waals surface area contributed by atoms with Crippen LogP contribution in [0.5, 0.6) is 0 Å². The molecule has 0 saturated carbocycles. The maximum absolute atomic E-state index is 6.49. The van der Waals surface area contributed by atoms with Crippen molar-refractivity contribution in [1.82, 2.24) is 15.0 Å². The Morgan fingerprint density at radius 2 is 0.855 bits per heavy atom. The Balaban J connectivity index is 1.11. The highest BCUT2D eigenvalue weighted by atomic mass is 16.3. The van der Waals surface area contributed by atoms with Crippen LogP contribution in [0.25, 0.3) is 111 Å². The zero-order chi connectivity index (χ0) is 36.3. The topological polar surface area (TPSA) is 51.8 Å². The molecule has 0 aliphatic carbocycles. The fourth-order valence-electron chi connectivity index (χ4n) is 8.00. The zero-order valence-corrected chi connectivity index (χ0v) is 29.6. The minimum Gasteiger partial charge on any atom is -0.455 e. The van der Waals surface area contributed by atoms with E-state index in [0.29, 0.717) is 17.5 Å². The summed E-state index contributed by atoms with van der Waals surface area (Å²) >= 11 is 0. The predicted octanol–water partition coefficient (Wildman–Crippen LogP) is 13.6. The molecule has 2 aromatic heterocycles. The molecule has 0 amide bonds. The standard InChI is InChI=1S/C51H31N3O/c1-2-13-33-28-35(27-26-32(33)12-1)34-15-9-17-38(29-34)49-52-50(54-51(53-49)45-24-11-23-44-43-22-7-8-25-47(43)55-48(44)45)39-18-10-16-36(30-39)46-31-37-14-3-4-19-40(37)41-20-5-6-21-42(41)46/h1-31H. The van der Waals surface area contributed by atoms with Gasteiger partial charge in [-0.05, 0) is 91.0 Å². The number of rotatable bonds is 5. The summed E-state index contributed by atoms with van der Waals surface area (Å²) < 4.78 is 6.49. The van der Waals surface area contributed by atoms with Crippen molar-refractivity contribution in [2.24, 2.45) is 0 Å². The van der Waals surface area contributed by atoms with Crippen LogP contribution in [0.15, 0.2) is 192 Å². The Bertz CT molecular complexity index is 3290. The minimum absolute atomic E-state index is 0.558. The first-order valence-corrected chi connectivity index (χ1v) is 18.5. The van der Waals surface area contributed by atoms with E-state index in [1.165, 1.54) is 37.9 Å². The van der Waals surface area contributed by atoms with Gasteiger partial charge < -0.3 is 4.42 Å². The zero-order valence-electron chi connectivity index (χ0n) is 29.6. The van der Waals surface area contributed by atoms with Crippen LogP contribution in [0.3, 0.4) is 0 Å². The summed E-state index contributed by atoms with van der Waals surface area (Å²) in [5, 5.41) is 9.40. The molecule has 11 aromatic rings. The minimum atomic E-state index is 0.558. The van der Waals surface area contributed by atoms with Crippen LogP contribution < -0.4 is 0 Å². The average molecular weight is 702 g/mol. The quantitative estimate of drug-likeness (QED) is 0.168. The lowest BCUT2D eigenvalue weighted by molar-refractivity contribution is 0.669. The van der Waals surface area contributed by atoms with E-state index in [-0.39, 0.29) is 0 Å². The molecular weight excluding hydrogens is 671 g/mol. The second kappa shape index (κ2) is 12.6. The van der Waals surface area contributed by atoms with Crippen molar-refractivity contribution in [1.29, 1.82) is 0 Å². The van der Waals surface area contributed by atoms with Gasteiger partial charge in [0, 0.05) is 21.9 Å². The van der Waals surface area contributed by atoms with Gasteiger partial charge >= 0.3 is 0 Å². The monoisotopic (exact) mass is 701 g/mol. The van der Waals surface area contributed by atoms with Gasteiger partial charge in [-0.3, -0.25) is 0 Å². The van der Waals surface area contributed by atoms with Crippen molar-refractivity contribution < 1.29 is 4.42 Å². The molecule has 0 atom stereocenters. The first-order chi connectivity index (χ1) is 27.2. The van der Waals surface area contributed by atoms with Gasteiger partial charge in [-0.25, -0.2) is 15.0 Å². The lowest BCUT2D eigenvalue weighted by Gasteiger charge is -2.13. The fourth-order valence-corrected chi connectivity index (χ4v) is 8.00. The van der Waals surface area contributed by atoms with E-state index >= 15 is 0 Å². The number of nitrogens with zero attached hydrogens (tertiary/aromatic N) is 3. The van der Waals surface area contributed by atoms with Crippen molar-refractivity contribution in [3.05, 3.63) is 188 Å². The van der Waals surface area contributed by atoms with Crippen molar-refractivity contribution in [3.63, 3.8) is 0 Å². The molecule has 2 heterocycles. The summed E-state index contributed by atoms with van der Waals surface area (Å²) in [6, 6.07) is 65.9. The molecule has 0 fully saturated rings. The van der Waals surface area contributed by atoms with Gasteiger partial charge in [0.25, 0.3) is 0 Å². The largest absolute Gasteiger partial charge is 0.455 e. The summed E-state index contributed by atoms with van der Waals surface area (Å²) in [6.45, 7) is 0. The van der Waals surface area contributed by atoms with Crippen LogP contribution >= 0.6 is 0 Å². The molecule has 256 valence electrons. The molecule has 0 radical (unpaired) electrons. The average Bonchev–Trinajstić information content (AvgIpc) is 3.65. The number of aromatic nitrogens is 3. The highest BCUT2D eigenvalue weighted by molar-refractivity contribution is 6.14. The maximum atomic E-state index is 6.49. The molecular formula is C51H31N3O. The second-order valence-electron chi connectivity index (χ2n) is 14.0. The number of fused-ring (bicyclic) bond motifs is 7. The van der Waals surface area contributed by atoms with E-state index < -0.39 is 0 Å². The molecule has 4 nitrogen and oxygen atoms in total. The Morgan fingerprint density at radius 1 is 0.291 bits per heavy atom. The summed E-state index contributed by atoms with van der Waals surface area (Å²) in [5.41, 5.74) is 8.72. The molecule has 0 aliphatic heterocycles. The molecule has 11 rings (SSSR count). The fraction of sp³-hybridized carbons (Fsp3) is 0. The summed E-state index contributed by atoms with van der Waals surface area (Å²) in [7, 11) is 0. The van der Waals surface area contributed by atoms with E-state index in [1.54, 1.807) is 0 Å². The smallest absolute Gasteiger partial charge is 0.167 e. The molecule has 0 unspecified atom stereocenters. The lowest BCUT2D eigenvalue weighted by Crippen LogP contribution is -2.00. The number of benzene rings is 9. The van der Waals surface area contributed by atoms with Gasteiger partial charge in [0.1, 0.15) is 11.2 Å². The highest BCUT2D eigenvalue weighted by Crippen LogP contribution is 2.38. The van der Waals surface area contributed by atoms with Crippen molar-refractivity contribution in [3.8, 4) is 56.4 Å². The van der Waals surface area contributed by atoms with Crippen LogP contribution in [0.4, 0.5) is 0 Å². The SMILES string of the molecule is c1cc(-c2ccc3ccccc3c2)cc(-c2nc(-c3cccc(-c4cc5ccccc5c5ccccc45)c3)nc(-c3cccc4c3oc3ccccc34)n2)c1. The third-order valence-electron chi connectivity index (χ3n) is 10.7. The van der Waals surface area contributed by atoms with E-state index in [1.807, 2.05) is 24.3 Å². The molecule has 0 spiro atoms. The van der Waals surface area contributed by atoms with Gasteiger partial charge in [0.05, 0.1) is 5.56 Å². The summed E-state index contributed by atoms with van der Waals surface area (Å²) in [5.74, 6) is 1.75. The first-order valence-electron chi connectivity index (χ1n) is 18.5. The van der Waals surface area contributed by atoms with Crippen LogP contribution in [0.2, 0.25) is 0 Å². The highest BCUT2D eigenvalue weighted by Gasteiger charge is 2.19. The van der Waals surface area contributed by atoms with E-state index in [2.05, 4.69) is 164 Å². The molecule has 0 aliphatic rings. The number of furan rings is 1. The van der Waals surface area contributed by atoms with Crippen LogP contribution in [0.1, 0.15) is 0 Å². The predicted molar refractivity (Wildman–Crippen MR) is 227 cm³/mol. The summed E-state index contributed by atoms with van der Waals surface area (Å²) in [6.07, 6.45) is 0. The van der Waals surface area contributed by atoms with Gasteiger partial charge in [-0.2, -0.15) is 0 Å². The van der Waals surface area contributed by atoms with E-state index in [0.717, 1.165) is 55.3 Å². The van der Waals surface area contributed by atoms with Crippen molar-refractivity contribution in [2.45, 2.75) is 0 Å². The van der Waals surface area contributed by atoms with Crippen molar-refractivity contribution in [2.75, 3.05) is 0 Å². The lowest BCUT2D eigenvalue weighted by atomic mass is 9.92. The molecule has 0 bridgehead atoms. The molecule has 0 N–H and O–H groups in total. The van der Waals surface area contributed by atoms with Gasteiger partial charge in [0.15, 0.2) is 17.5 Å². The van der Waals surface area contributed by atoms with E-state index in [4.69, 9.17) is 19.4 Å². The molecule has 55 heavy (non-hydrogen) atoms. The Kier molecular flexibility index (Phi) is 7.14. The van der Waals surface area contributed by atoms with Gasteiger partial charge in [0.2, 0.25) is 0 Å². The third kappa shape index (κ3) is 5.34. The number of hydrogen-bond acceptors (Lipinski definition) is 4. The van der Waals surface area contributed by atoms with Crippen LogP contribution in [0, 0.1) is 0 Å². The number of hydrogen-bond donors (Lipinski definition) is 0. The van der Waals surface area contributed by atoms with Crippen LogP contribution in [-0.2, 0) is 0 Å². The third-order valence-corrected chi connectivity index (χ3v) is 10.7. The molecule has 4 heteroatoms. The maximum Gasteiger partial charge on any atom is 0.167 e. The Morgan fingerprint density at radius 3 is 1.67 bits per heavy atom.